The van der Waals surface area contributed by atoms with Crippen molar-refractivity contribution in [3.8, 4) is 17.3 Å². The largest absolute Gasteiger partial charge is 0.496 e. The molecule has 0 aliphatic heterocycles. The molecule has 0 radical (unpaired) electrons. The van der Waals surface area contributed by atoms with Crippen molar-refractivity contribution in [1.82, 2.24) is 14.9 Å². The molecule has 0 spiro atoms. The molecule has 0 saturated heterocycles. The fourth-order valence-electron chi connectivity index (χ4n) is 1.89. The lowest BCUT2D eigenvalue weighted by molar-refractivity contribution is 0.414. The number of aromatic amines is 1. The normalized spacial score (nSPS) is 11.2. The molecule has 2 aromatic heterocycles. The van der Waals surface area contributed by atoms with Crippen molar-refractivity contribution in [2.24, 2.45) is 5.10 Å². The third-order valence-corrected chi connectivity index (χ3v) is 3.65. The maximum Gasteiger partial charge on any atom is 0.219 e. The highest BCUT2D eigenvalue weighted by atomic mass is 79.9. The lowest BCUT2D eigenvalue weighted by atomic mass is 10.2. The van der Waals surface area contributed by atoms with E-state index in [-0.39, 0.29) is 0 Å². The Bertz CT molecular complexity index is 867. The van der Waals surface area contributed by atoms with Crippen molar-refractivity contribution >= 4 is 34.4 Å². The van der Waals surface area contributed by atoms with Gasteiger partial charge in [0.15, 0.2) is 5.76 Å². The van der Waals surface area contributed by atoms with Gasteiger partial charge in [0.1, 0.15) is 5.75 Å². The van der Waals surface area contributed by atoms with Gasteiger partial charge in [-0.15, -0.1) is 5.10 Å². The molecule has 1 N–H and O–H groups in total. The van der Waals surface area contributed by atoms with Gasteiger partial charge >= 0.3 is 0 Å². The number of methoxy groups -OCH3 is 1. The molecule has 0 bridgehead atoms. The number of ether oxygens (including phenoxy) is 1. The molecule has 0 aliphatic carbocycles. The van der Waals surface area contributed by atoms with Gasteiger partial charge in [-0.05, 0) is 42.5 Å². The van der Waals surface area contributed by atoms with Crippen LogP contribution in [0.15, 0.2) is 50.6 Å². The molecule has 1 aromatic carbocycles. The van der Waals surface area contributed by atoms with E-state index in [1.54, 1.807) is 31.7 Å². The van der Waals surface area contributed by atoms with E-state index in [2.05, 4.69) is 31.2 Å². The number of hydrogen-bond acceptors (Lipinski definition) is 5. The molecule has 112 valence electrons. The van der Waals surface area contributed by atoms with Gasteiger partial charge in [0.25, 0.3) is 0 Å². The van der Waals surface area contributed by atoms with Gasteiger partial charge in [-0.3, -0.25) is 0 Å². The zero-order valence-corrected chi connectivity index (χ0v) is 13.9. The fourth-order valence-corrected chi connectivity index (χ4v) is 2.45. The number of rotatable bonds is 4. The highest BCUT2D eigenvalue weighted by Crippen LogP contribution is 2.22. The van der Waals surface area contributed by atoms with E-state index in [1.165, 1.54) is 4.68 Å². The highest BCUT2D eigenvalue weighted by molar-refractivity contribution is 9.10. The van der Waals surface area contributed by atoms with Crippen LogP contribution in [0.1, 0.15) is 5.56 Å². The standard InChI is InChI=1S/C14H11BrN4O2S/c1-20-11-5-4-10(15)7-9(11)8-16-19-13(17-18-14(19)22)12-3-2-6-21-12/h2-8H,1H3,(H,18,22). The van der Waals surface area contributed by atoms with Gasteiger partial charge in [-0.25, -0.2) is 5.10 Å². The Morgan fingerprint density at radius 1 is 1.45 bits per heavy atom. The molecule has 0 aliphatic rings. The molecular formula is C14H11BrN4O2S. The Kier molecular flexibility index (Phi) is 4.21. The number of benzene rings is 1. The Morgan fingerprint density at radius 2 is 2.32 bits per heavy atom. The van der Waals surface area contributed by atoms with Crippen molar-refractivity contribution in [3.63, 3.8) is 0 Å². The van der Waals surface area contributed by atoms with Gasteiger partial charge in [0.2, 0.25) is 10.6 Å². The third-order valence-electron chi connectivity index (χ3n) is 2.90. The number of halogens is 1. The van der Waals surface area contributed by atoms with E-state index in [1.807, 2.05) is 18.2 Å². The number of hydrogen-bond donors (Lipinski definition) is 1. The first kappa shape index (κ1) is 14.7. The van der Waals surface area contributed by atoms with Gasteiger partial charge in [-0.1, -0.05) is 15.9 Å². The first-order chi connectivity index (χ1) is 10.7. The summed E-state index contributed by atoms with van der Waals surface area (Å²) in [5.74, 6) is 1.78. The van der Waals surface area contributed by atoms with Crippen LogP contribution in [-0.2, 0) is 0 Å². The molecular weight excluding hydrogens is 368 g/mol. The predicted molar refractivity (Wildman–Crippen MR) is 88.8 cm³/mol. The van der Waals surface area contributed by atoms with E-state index in [0.717, 1.165) is 10.0 Å². The van der Waals surface area contributed by atoms with Gasteiger partial charge < -0.3 is 9.15 Å². The van der Waals surface area contributed by atoms with E-state index in [4.69, 9.17) is 21.4 Å². The van der Waals surface area contributed by atoms with Crippen molar-refractivity contribution in [2.75, 3.05) is 7.11 Å². The molecule has 2 heterocycles. The summed E-state index contributed by atoms with van der Waals surface area (Å²) in [4.78, 5) is 0. The van der Waals surface area contributed by atoms with Crippen LogP contribution >= 0.6 is 28.1 Å². The molecule has 0 unspecified atom stereocenters. The minimum absolute atomic E-state index is 0.372. The number of H-pyrrole nitrogens is 1. The summed E-state index contributed by atoms with van der Waals surface area (Å²) < 4.78 is 13.4. The Labute approximate surface area is 139 Å². The minimum Gasteiger partial charge on any atom is -0.496 e. The Morgan fingerprint density at radius 3 is 3.05 bits per heavy atom. The third kappa shape index (κ3) is 2.88. The average molecular weight is 379 g/mol. The second-order valence-corrected chi connectivity index (χ2v) is 5.57. The molecule has 0 saturated carbocycles. The zero-order chi connectivity index (χ0) is 15.5. The minimum atomic E-state index is 0.372. The predicted octanol–water partition coefficient (Wildman–Crippen LogP) is 3.85. The zero-order valence-electron chi connectivity index (χ0n) is 11.5. The van der Waals surface area contributed by atoms with E-state index in [9.17, 15) is 0 Å². The van der Waals surface area contributed by atoms with Crippen molar-refractivity contribution < 1.29 is 9.15 Å². The molecule has 0 amide bonds. The van der Waals surface area contributed by atoms with E-state index in [0.29, 0.717) is 22.1 Å². The monoisotopic (exact) mass is 378 g/mol. The average Bonchev–Trinajstić information content (AvgIpc) is 3.15. The molecule has 0 fully saturated rings. The van der Waals surface area contributed by atoms with Crippen LogP contribution in [-0.4, -0.2) is 28.2 Å². The van der Waals surface area contributed by atoms with Crippen LogP contribution in [0.5, 0.6) is 5.75 Å². The number of nitrogens with one attached hydrogen (secondary N) is 1. The summed E-state index contributed by atoms with van der Waals surface area (Å²) in [6.07, 6.45) is 3.22. The summed E-state index contributed by atoms with van der Waals surface area (Å²) in [5, 5.41) is 11.2. The van der Waals surface area contributed by atoms with Crippen molar-refractivity contribution in [2.45, 2.75) is 0 Å². The van der Waals surface area contributed by atoms with Crippen LogP contribution in [0.25, 0.3) is 11.6 Å². The fraction of sp³-hybridized carbons (Fsp3) is 0.0714. The quantitative estimate of drug-likeness (QED) is 0.552. The summed E-state index contributed by atoms with van der Waals surface area (Å²) >= 11 is 8.62. The molecule has 8 heteroatoms. The lowest BCUT2D eigenvalue weighted by Gasteiger charge is -2.04. The smallest absolute Gasteiger partial charge is 0.219 e. The SMILES string of the molecule is COc1ccc(Br)cc1C=Nn1c(-c2ccco2)n[nH]c1=S. The van der Waals surface area contributed by atoms with Crippen LogP contribution in [0.3, 0.4) is 0 Å². The Balaban J connectivity index is 2.02. The second kappa shape index (κ2) is 6.29. The van der Waals surface area contributed by atoms with Crippen molar-refractivity contribution in [3.05, 3.63) is 51.4 Å². The van der Waals surface area contributed by atoms with Crippen LogP contribution in [0.4, 0.5) is 0 Å². The first-order valence-electron chi connectivity index (χ1n) is 6.28. The molecule has 3 rings (SSSR count). The van der Waals surface area contributed by atoms with Crippen LogP contribution in [0, 0.1) is 4.77 Å². The van der Waals surface area contributed by atoms with Gasteiger partial charge in [0, 0.05) is 10.0 Å². The molecule has 3 aromatic rings. The van der Waals surface area contributed by atoms with Gasteiger partial charge in [-0.2, -0.15) is 9.78 Å². The molecule has 22 heavy (non-hydrogen) atoms. The number of nitrogens with zero attached hydrogens (tertiary/aromatic N) is 3. The lowest BCUT2D eigenvalue weighted by Crippen LogP contribution is -1.96. The highest BCUT2D eigenvalue weighted by Gasteiger charge is 2.10. The summed E-state index contributed by atoms with van der Waals surface area (Å²) in [6, 6.07) is 9.22. The van der Waals surface area contributed by atoms with Crippen molar-refractivity contribution in [1.29, 1.82) is 0 Å². The van der Waals surface area contributed by atoms with E-state index >= 15 is 0 Å². The maximum absolute atomic E-state index is 5.33. The summed E-state index contributed by atoms with van der Waals surface area (Å²) in [5.41, 5.74) is 0.811. The van der Waals surface area contributed by atoms with Crippen LogP contribution in [0.2, 0.25) is 0 Å². The number of furan rings is 1. The van der Waals surface area contributed by atoms with E-state index < -0.39 is 0 Å². The topological polar surface area (TPSA) is 68.3 Å². The summed E-state index contributed by atoms with van der Waals surface area (Å²) in [6.45, 7) is 0. The maximum atomic E-state index is 5.33. The molecule has 0 atom stereocenters. The number of aromatic nitrogens is 3. The van der Waals surface area contributed by atoms with Gasteiger partial charge in [0.05, 0.1) is 19.6 Å². The van der Waals surface area contributed by atoms with Crippen LogP contribution < -0.4 is 4.74 Å². The summed E-state index contributed by atoms with van der Waals surface area (Å²) in [7, 11) is 1.61. The first-order valence-corrected chi connectivity index (χ1v) is 7.48. The molecule has 6 nitrogen and oxygen atoms in total. The second-order valence-electron chi connectivity index (χ2n) is 4.27. The Hall–Kier alpha value is -2.19.